The summed E-state index contributed by atoms with van der Waals surface area (Å²) in [6.07, 6.45) is 2.76. The van der Waals surface area contributed by atoms with Gasteiger partial charge in [0.05, 0.1) is 36.1 Å². The largest absolute Gasteiger partial charge is 0.481 e. The van der Waals surface area contributed by atoms with Crippen molar-refractivity contribution in [2.24, 2.45) is 0 Å². The van der Waals surface area contributed by atoms with Crippen LogP contribution in [0.2, 0.25) is 0 Å². The van der Waals surface area contributed by atoms with E-state index in [1.165, 1.54) is 11.8 Å². The van der Waals surface area contributed by atoms with E-state index >= 15 is 0 Å². The van der Waals surface area contributed by atoms with Gasteiger partial charge in [-0.15, -0.1) is 11.8 Å². The molecule has 2 aliphatic rings. The maximum absolute atomic E-state index is 12.4. The quantitative estimate of drug-likeness (QED) is 0.475. The third-order valence-corrected chi connectivity index (χ3v) is 6.92. The number of ether oxygens (including phenoxy) is 2. The van der Waals surface area contributed by atoms with Gasteiger partial charge in [0.25, 0.3) is 0 Å². The van der Waals surface area contributed by atoms with Crippen molar-refractivity contribution >= 4 is 46.2 Å². The number of rotatable bonds is 8. The maximum Gasteiger partial charge on any atom is 0.414 e. The molecule has 4 heterocycles. The number of hydrogen-bond donors (Lipinski definition) is 2. The summed E-state index contributed by atoms with van der Waals surface area (Å²) in [5, 5.41) is 6.29. The van der Waals surface area contributed by atoms with Crippen molar-refractivity contribution in [2.45, 2.75) is 23.8 Å². The topological polar surface area (TPSA) is 106 Å². The molecular formula is C24H25N5O4S. The Morgan fingerprint density at radius 1 is 1.24 bits per heavy atom. The first-order valence-corrected chi connectivity index (χ1v) is 12.1. The van der Waals surface area contributed by atoms with Crippen molar-refractivity contribution in [3.63, 3.8) is 0 Å². The summed E-state index contributed by atoms with van der Waals surface area (Å²) in [7, 11) is 1.60. The average molecular weight is 480 g/mol. The van der Waals surface area contributed by atoms with E-state index < -0.39 is 0 Å². The van der Waals surface area contributed by atoms with Gasteiger partial charge in [0.15, 0.2) is 0 Å². The van der Waals surface area contributed by atoms with E-state index in [1.54, 1.807) is 18.2 Å². The van der Waals surface area contributed by atoms with Gasteiger partial charge in [0, 0.05) is 22.8 Å². The number of aromatic nitrogens is 2. The van der Waals surface area contributed by atoms with Crippen molar-refractivity contribution in [3.8, 4) is 5.88 Å². The van der Waals surface area contributed by atoms with Gasteiger partial charge in [0.1, 0.15) is 6.10 Å². The van der Waals surface area contributed by atoms with E-state index in [2.05, 4.69) is 20.6 Å². The standard InChI is InChI=1S/C24H25N5O4S/c1-32-22-5-3-18-23(28-22)15(7-11-26-18)6-9-25-10-8-17-13-29(24(31)33-17)16-2-4-20-19(12-16)27-21(30)14-34-20/h2-5,7,11-12,17,25H,6,8-10,13-14H2,1H3,(H,27,30)/t17-/m0/s1. The number of nitrogens with zero attached hydrogens (tertiary/aromatic N) is 3. The van der Waals surface area contributed by atoms with Crippen molar-refractivity contribution in [3.05, 3.63) is 48.2 Å². The molecule has 2 aromatic heterocycles. The Bertz CT molecular complexity index is 1240. The number of cyclic esters (lactones) is 1. The number of amides is 2. The molecular weight excluding hydrogens is 454 g/mol. The van der Waals surface area contributed by atoms with Crippen LogP contribution in [0.25, 0.3) is 11.0 Å². The number of nitrogens with one attached hydrogen (secondary N) is 2. The molecule has 10 heteroatoms. The molecule has 176 valence electrons. The highest BCUT2D eigenvalue weighted by atomic mass is 32.2. The summed E-state index contributed by atoms with van der Waals surface area (Å²) in [4.78, 5) is 35.6. The van der Waals surface area contributed by atoms with E-state index in [-0.39, 0.29) is 18.1 Å². The normalized spacial score (nSPS) is 17.4. The summed E-state index contributed by atoms with van der Waals surface area (Å²) in [5.74, 6) is 0.953. The van der Waals surface area contributed by atoms with Crippen LogP contribution in [0.5, 0.6) is 5.88 Å². The van der Waals surface area contributed by atoms with Gasteiger partial charge < -0.3 is 20.1 Å². The van der Waals surface area contributed by atoms with Crippen molar-refractivity contribution in [1.29, 1.82) is 0 Å². The Balaban J connectivity index is 1.12. The molecule has 2 aliphatic heterocycles. The Morgan fingerprint density at radius 2 is 2.15 bits per heavy atom. The molecule has 0 radical (unpaired) electrons. The molecule has 0 saturated carbocycles. The average Bonchev–Trinajstić information content (AvgIpc) is 3.23. The number of carbonyl (C=O) groups excluding carboxylic acids is 2. The van der Waals surface area contributed by atoms with Crippen LogP contribution in [0.4, 0.5) is 16.2 Å². The molecule has 0 aliphatic carbocycles. The number of carbonyl (C=O) groups is 2. The molecule has 1 fully saturated rings. The minimum atomic E-state index is -0.358. The molecule has 5 rings (SSSR count). The number of methoxy groups -OCH3 is 1. The fourth-order valence-corrected chi connectivity index (χ4v) is 4.90. The van der Waals surface area contributed by atoms with Crippen molar-refractivity contribution < 1.29 is 19.1 Å². The SMILES string of the molecule is COc1ccc2nccc(CCNCC[C@H]3CN(c4ccc5c(c4)NC(=O)CS5)C(=O)O3)c2n1. The number of pyridine rings is 2. The summed E-state index contributed by atoms with van der Waals surface area (Å²) < 4.78 is 10.8. The molecule has 1 atom stereocenters. The van der Waals surface area contributed by atoms with E-state index in [9.17, 15) is 9.59 Å². The highest BCUT2D eigenvalue weighted by Crippen LogP contribution is 2.35. The highest BCUT2D eigenvalue weighted by molar-refractivity contribution is 8.00. The lowest BCUT2D eigenvalue weighted by molar-refractivity contribution is -0.113. The first-order valence-electron chi connectivity index (χ1n) is 11.1. The first-order chi connectivity index (χ1) is 16.6. The summed E-state index contributed by atoms with van der Waals surface area (Å²) in [5.41, 5.74) is 4.27. The van der Waals surface area contributed by atoms with Gasteiger partial charge >= 0.3 is 6.09 Å². The summed E-state index contributed by atoms with van der Waals surface area (Å²) in [6, 6.07) is 11.4. The fraction of sp³-hybridized carbons (Fsp3) is 0.333. The van der Waals surface area contributed by atoms with Crippen LogP contribution in [0.15, 0.2) is 47.5 Å². The van der Waals surface area contributed by atoms with Gasteiger partial charge in [-0.05, 0) is 61.8 Å². The zero-order chi connectivity index (χ0) is 23.5. The van der Waals surface area contributed by atoms with Gasteiger partial charge in [-0.1, -0.05) is 0 Å². The molecule has 2 N–H and O–H groups in total. The minimum absolute atomic E-state index is 0.0303. The van der Waals surface area contributed by atoms with E-state index in [4.69, 9.17) is 9.47 Å². The molecule has 1 saturated heterocycles. The predicted molar refractivity (Wildman–Crippen MR) is 131 cm³/mol. The van der Waals surface area contributed by atoms with Gasteiger partial charge in [-0.25, -0.2) is 9.78 Å². The zero-order valence-electron chi connectivity index (χ0n) is 18.7. The third-order valence-electron chi connectivity index (χ3n) is 5.85. The Labute approximate surface area is 201 Å². The van der Waals surface area contributed by atoms with Crippen LogP contribution in [0.3, 0.4) is 0 Å². The molecule has 9 nitrogen and oxygen atoms in total. The smallest absolute Gasteiger partial charge is 0.414 e. The summed E-state index contributed by atoms with van der Waals surface area (Å²) >= 11 is 1.50. The van der Waals surface area contributed by atoms with Crippen molar-refractivity contribution in [2.75, 3.05) is 42.7 Å². The molecule has 0 spiro atoms. The molecule has 34 heavy (non-hydrogen) atoms. The highest BCUT2D eigenvalue weighted by Gasteiger charge is 2.32. The van der Waals surface area contributed by atoms with Gasteiger partial charge in [0.2, 0.25) is 11.8 Å². The Kier molecular flexibility index (Phi) is 6.50. The zero-order valence-corrected chi connectivity index (χ0v) is 19.6. The first kappa shape index (κ1) is 22.4. The second-order valence-corrected chi connectivity index (χ2v) is 9.13. The number of anilines is 2. The maximum atomic E-state index is 12.4. The predicted octanol–water partition coefficient (Wildman–Crippen LogP) is 3.23. The number of hydrogen-bond acceptors (Lipinski definition) is 8. The second-order valence-electron chi connectivity index (χ2n) is 8.11. The van der Waals surface area contributed by atoms with Gasteiger partial charge in [-0.2, -0.15) is 0 Å². The van der Waals surface area contributed by atoms with E-state index in [0.717, 1.165) is 52.4 Å². The van der Waals surface area contributed by atoms with Crippen LogP contribution in [0.1, 0.15) is 12.0 Å². The van der Waals surface area contributed by atoms with E-state index in [0.29, 0.717) is 24.6 Å². The number of thioether (sulfide) groups is 1. The summed E-state index contributed by atoms with van der Waals surface area (Å²) in [6.45, 7) is 1.98. The lowest BCUT2D eigenvalue weighted by atomic mass is 10.1. The monoisotopic (exact) mass is 479 g/mol. The van der Waals surface area contributed by atoms with Crippen LogP contribution in [0, 0.1) is 0 Å². The van der Waals surface area contributed by atoms with Crippen LogP contribution < -0.4 is 20.3 Å². The Hall–Kier alpha value is -3.37. The molecule has 3 aromatic rings. The van der Waals surface area contributed by atoms with Crippen molar-refractivity contribution in [1.82, 2.24) is 15.3 Å². The van der Waals surface area contributed by atoms with Crippen LogP contribution in [-0.4, -0.2) is 60.6 Å². The van der Waals surface area contributed by atoms with Crippen LogP contribution >= 0.6 is 11.8 Å². The molecule has 2 amide bonds. The minimum Gasteiger partial charge on any atom is -0.481 e. The molecule has 1 aromatic carbocycles. The van der Waals surface area contributed by atoms with Gasteiger partial charge in [-0.3, -0.25) is 14.7 Å². The lowest BCUT2D eigenvalue weighted by Crippen LogP contribution is -2.27. The van der Waals surface area contributed by atoms with E-state index in [1.807, 2.05) is 36.4 Å². The fourth-order valence-electron chi connectivity index (χ4n) is 4.11. The Morgan fingerprint density at radius 3 is 3.03 bits per heavy atom. The third kappa shape index (κ3) is 4.78. The lowest BCUT2D eigenvalue weighted by Gasteiger charge is -2.20. The number of fused-ring (bicyclic) bond motifs is 2. The number of benzene rings is 1. The molecule has 0 bridgehead atoms. The molecule has 0 unspecified atom stereocenters. The van der Waals surface area contributed by atoms with Crippen LogP contribution in [-0.2, 0) is 16.0 Å². The second kappa shape index (κ2) is 9.86.